The Morgan fingerprint density at radius 3 is 2.74 bits per heavy atom. The summed E-state index contributed by atoms with van der Waals surface area (Å²) in [5.41, 5.74) is 0. The molecule has 2 saturated heterocycles. The molecular weight excluding hydrogens is 248 g/mol. The van der Waals surface area contributed by atoms with Crippen molar-refractivity contribution in [2.45, 2.75) is 6.04 Å². The molecule has 2 amide bonds. The summed E-state index contributed by atoms with van der Waals surface area (Å²) in [6.07, 6.45) is 0. The molecule has 2 fully saturated rings. The Morgan fingerprint density at radius 2 is 2.05 bits per heavy atom. The molecule has 0 spiro atoms. The minimum absolute atomic E-state index is 0.0128. The lowest BCUT2D eigenvalue weighted by atomic mass is 10.2. The van der Waals surface area contributed by atoms with E-state index in [-0.39, 0.29) is 18.4 Å². The van der Waals surface area contributed by atoms with Crippen LogP contribution in [0, 0.1) is 0 Å². The molecule has 0 bridgehead atoms. The molecule has 2 aliphatic heterocycles. The predicted molar refractivity (Wildman–Crippen MR) is 69.7 cm³/mol. The van der Waals surface area contributed by atoms with Crippen LogP contribution >= 0.6 is 0 Å². The minimum atomic E-state index is -0.492. The summed E-state index contributed by atoms with van der Waals surface area (Å²) >= 11 is 0. The normalized spacial score (nSPS) is 25.1. The van der Waals surface area contributed by atoms with Crippen molar-refractivity contribution in [3.63, 3.8) is 0 Å². The largest absolute Gasteiger partial charge is 0.377 e. The zero-order chi connectivity index (χ0) is 13.7. The van der Waals surface area contributed by atoms with Crippen LogP contribution in [0.3, 0.4) is 0 Å². The second kappa shape index (κ2) is 6.83. The third-order valence-electron chi connectivity index (χ3n) is 3.57. The van der Waals surface area contributed by atoms with E-state index in [1.54, 1.807) is 11.9 Å². The molecule has 7 heteroatoms. The highest BCUT2D eigenvalue weighted by Crippen LogP contribution is 2.08. The van der Waals surface area contributed by atoms with Gasteiger partial charge in [-0.3, -0.25) is 14.5 Å². The smallest absolute Gasteiger partial charge is 0.244 e. The molecule has 108 valence electrons. The summed E-state index contributed by atoms with van der Waals surface area (Å²) in [5.74, 6) is -0.146. The van der Waals surface area contributed by atoms with Gasteiger partial charge in [0.15, 0.2) is 0 Å². The number of carbonyl (C=O) groups excluding carboxylic acids is 2. The third-order valence-corrected chi connectivity index (χ3v) is 3.57. The molecule has 19 heavy (non-hydrogen) atoms. The van der Waals surface area contributed by atoms with Gasteiger partial charge >= 0.3 is 0 Å². The van der Waals surface area contributed by atoms with Gasteiger partial charge in [0, 0.05) is 39.8 Å². The first-order valence-electron chi connectivity index (χ1n) is 6.74. The quantitative estimate of drug-likeness (QED) is 0.612. The van der Waals surface area contributed by atoms with Crippen LogP contribution in [-0.2, 0) is 14.3 Å². The molecule has 0 aromatic heterocycles. The number of carbonyl (C=O) groups is 2. The fourth-order valence-corrected chi connectivity index (χ4v) is 2.44. The fraction of sp³-hybridized carbons (Fsp3) is 0.833. The van der Waals surface area contributed by atoms with E-state index < -0.39 is 6.04 Å². The summed E-state index contributed by atoms with van der Waals surface area (Å²) in [6, 6.07) is -0.492. The van der Waals surface area contributed by atoms with Crippen molar-refractivity contribution in [2.75, 3.05) is 59.5 Å². The van der Waals surface area contributed by atoms with Crippen LogP contribution in [0.5, 0.6) is 0 Å². The van der Waals surface area contributed by atoms with Gasteiger partial charge in [-0.15, -0.1) is 0 Å². The van der Waals surface area contributed by atoms with Gasteiger partial charge in [0.1, 0.15) is 6.04 Å². The molecule has 0 saturated carbocycles. The van der Waals surface area contributed by atoms with Crippen LogP contribution in [0.1, 0.15) is 0 Å². The Kier molecular flexibility index (Phi) is 5.12. The zero-order valence-corrected chi connectivity index (χ0v) is 11.4. The molecule has 1 unspecified atom stereocenters. The lowest BCUT2D eigenvalue weighted by Crippen LogP contribution is -2.58. The minimum Gasteiger partial charge on any atom is -0.377 e. The standard InChI is InChI=1S/C12H22N4O3/c1-13-12(18)10-9-19-7-6-16(10)11(17)8-15-4-2-14-3-5-15/h10,14H,2-9H2,1H3,(H,13,18). The van der Waals surface area contributed by atoms with E-state index in [0.29, 0.717) is 19.7 Å². The van der Waals surface area contributed by atoms with Crippen LogP contribution in [0.15, 0.2) is 0 Å². The number of likely N-dealkylation sites (N-methyl/N-ethyl adjacent to an activating group) is 1. The molecule has 2 heterocycles. The van der Waals surface area contributed by atoms with Crippen molar-refractivity contribution in [2.24, 2.45) is 0 Å². The second-order valence-corrected chi connectivity index (χ2v) is 4.82. The van der Waals surface area contributed by atoms with Crippen molar-refractivity contribution >= 4 is 11.8 Å². The lowest BCUT2D eigenvalue weighted by molar-refractivity contribution is -0.149. The average molecular weight is 270 g/mol. The van der Waals surface area contributed by atoms with E-state index in [1.807, 2.05) is 0 Å². The fourth-order valence-electron chi connectivity index (χ4n) is 2.44. The topological polar surface area (TPSA) is 73.9 Å². The maximum Gasteiger partial charge on any atom is 0.244 e. The van der Waals surface area contributed by atoms with E-state index >= 15 is 0 Å². The molecule has 0 radical (unpaired) electrons. The maximum atomic E-state index is 12.3. The van der Waals surface area contributed by atoms with Gasteiger partial charge in [-0.2, -0.15) is 0 Å². The van der Waals surface area contributed by atoms with Gasteiger partial charge in [-0.05, 0) is 0 Å². The Bertz CT molecular complexity index is 331. The summed E-state index contributed by atoms with van der Waals surface area (Å²) in [6.45, 7) is 5.23. The van der Waals surface area contributed by atoms with E-state index in [1.165, 1.54) is 0 Å². The molecule has 2 rings (SSSR count). The third kappa shape index (κ3) is 3.65. The number of ether oxygens (including phenoxy) is 1. The molecule has 2 N–H and O–H groups in total. The first-order valence-corrected chi connectivity index (χ1v) is 6.74. The van der Waals surface area contributed by atoms with Crippen LogP contribution in [0.25, 0.3) is 0 Å². The molecule has 1 atom stereocenters. The van der Waals surface area contributed by atoms with Gasteiger partial charge in [0.2, 0.25) is 11.8 Å². The number of hydrogen-bond donors (Lipinski definition) is 2. The van der Waals surface area contributed by atoms with Crippen molar-refractivity contribution in [3.8, 4) is 0 Å². The monoisotopic (exact) mass is 270 g/mol. The van der Waals surface area contributed by atoms with Gasteiger partial charge < -0.3 is 20.3 Å². The molecular formula is C12H22N4O3. The number of piperazine rings is 1. The Morgan fingerprint density at radius 1 is 1.32 bits per heavy atom. The Balaban J connectivity index is 1.92. The Labute approximate surface area is 113 Å². The van der Waals surface area contributed by atoms with Crippen LogP contribution < -0.4 is 10.6 Å². The SMILES string of the molecule is CNC(=O)C1COCCN1C(=O)CN1CCNCC1. The molecule has 2 aliphatic rings. The number of hydrogen-bond acceptors (Lipinski definition) is 5. The van der Waals surface area contributed by atoms with E-state index in [9.17, 15) is 9.59 Å². The summed E-state index contributed by atoms with van der Waals surface area (Å²) in [7, 11) is 1.58. The van der Waals surface area contributed by atoms with Crippen molar-refractivity contribution in [3.05, 3.63) is 0 Å². The van der Waals surface area contributed by atoms with Crippen LogP contribution in [0.2, 0.25) is 0 Å². The molecule has 0 aromatic carbocycles. The second-order valence-electron chi connectivity index (χ2n) is 4.82. The lowest BCUT2D eigenvalue weighted by Gasteiger charge is -2.36. The first-order chi connectivity index (χ1) is 9.22. The van der Waals surface area contributed by atoms with Gasteiger partial charge in [0.25, 0.3) is 0 Å². The molecule has 7 nitrogen and oxygen atoms in total. The highest BCUT2D eigenvalue weighted by atomic mass is 16.5. The van der Waals surface area contributed by atoms with Gasteiger partial charge in [0.05, 0.1) is 19.8 Å². The van der Waals surface area contributed by atoms with Crippen molar-refractivity contribution < 1.29 is 14.3 Å². The summed E-state index contributed by atoms with van der Waals surface area (Å²) < 4.78 is 5.30. The Hall–Kier alpha value is -1.18. The van der Waals surface area contributed by atoms with E-state index in [2.05, 4.69) is 15.5 Å². The summed E-state index contributed by atoms with van der Waals surface area (Å²) in [4.78, 5) is 27.9. The number of rotatable bonds is 3. The molecule has 0 aliphatic carbocycles. The van der Waals surface area contributed by atoms with E-state index in [0.717, 1.165) is 26.2 Å². The average Bonchev–Trinajstić information content (AvgIpc) is 2.47. The maximum absolute atomic E-state index is 12.3. The predicted octanol–water partition coefficient (Wildman–Crippen LogP) is -2.13. The van der Waals surface area contributed by atoms with Gasteiger partial charge in [-0.25, -0.2) is 0 Å². The highest BCUT2D eigenvalue weighted by Gasteiger charge is 2.32. The van der Waals surface area contributed by atoms with Crippen LogP contribution in [-0.4, -0.2) is 87.2 Å². The van der Waals surface area contributed by atoms with Crippen molar-refractivity contribution in [1.29, 1.82) is 0 Å². The number of nitrogens with one attached hydrogen (secondary N) is 2. The zero-order valence-electron chi connectivity index (χ0n) is 11.4. The first kappa shape index (κ1) is 14.2. The molecule has 0 aromatic rings. The van der Waals surface area contributed by atoms with Crippen molar-refractivity contribution in [1.82, 2.24) is 20.4 Å². The highest BCUT2D eigenvalue weighted by molar-refractivity contribution is 5.88. The van der Waals surface area contributed by atoms with Crippen LogP contribution in [0.4, 0.5) is 0 Å². The van der Waals surface area contributed by atoms with E-state index in [4.69, 9.17) is 4.74 Å². The number of nitrogens with zero attached hydrogens (tertiary/aromatic N) is 2. The van der Waals surface area contributed by atoms with Gasteiger partial charge in [-0.1, -0.05) is 0 Å². The number of morpholine rings is 1. The summed E-state index contributed by atoms with van der Waals surface area (Å²) in [5, 5.41) is 5.84. The number of amides is 2.